The molecular weight excluding hydrogens is 519 g/mol. The van der Waals surface area contributed by atoms with Crippen molar-refractivity contribution in [3.05, 3.63) is 58.4 Å². The molecule has 0 N–H and O–H groups in total. The molecule has 24 heavy (non-hydrogen) atoms. The van der Waals surface area contributed by atoms with Crippen molar-refractivity contribution in [2.24, 2.45) is 0 Å². The van der Waals surface area contributed by atoms with Crippen molar-refractivity contribution < 1.29 is 18.5 Å². The van der Waals surface area contributed by atoms with Crippen molar-refractivity contribution >= 4 is 32.5 Å². The molecule has 132 valence electrons. The first-order valence-corrected chi connectivity index (χ1v) is 22.6. The van der Waals surface area contributed by atoms with Crippen LogP contribution >= 0.6 is 24.4 Å². The topological polar surface area (TPSA) is 0 Å². The molecule has 0 bridgehead atoms. The summed E-state index contributed by atoms with van der Waals surface area (Å²) in [6, 6.07) is 0. The molecule has 2 aliphatic rings. The molecular formula is C20H30Br2SiZr. The van der Waals surface area contributed by atoms with Crippen LogP contribution in [0.4, 0.5) is 0 Å². The summed E-state index contributed by atoms with van der Waals surface area (Å²) in [5, 5.41) is 0. The number of hydrogen-bond donors (Lipinski definition) is 0. The van der Waals surface area contributed by atoms with E-state index in [2.05, 4.69) is 92.9 Å². The van der Waals surface area contributed by atoms with Gasteiger partial charge in [0.1, 0.15) is 0 Å². The molecule has 0 aromatic rings. The fourth-order valence-electron chi connectivity index (χ4n) is 4.44. The van der Waals surface area contributed by atoms with Crippen molar-refractivity contribution in [3.63, 3.8) is 0 Å². The maximum atomic E-state index is 3.23. The Labute approximate surface area is 176 Å². The van der Waals surface area contributed by atoms with Crippen LogP contribution in [0.1, 0.15) is 55.4 Å². The van der Waals surface area contributed by atoms with Crippen molar-refractivity contribution in [1.82, 2.24) is 0 Å². The molecule has 2 fully saturated rings. The Morgan fingerprint density at radius 2 is 0.667 bits per heavy atom. The molecule has 0 amide bonds. The van der Waals surface area contributed by atoms with E-state index in [0.29, 0.717) is 0 Å². The van der Waals surface area contributed by atoms with Gasteiger partial charge in [0, 0.05) is 0 Å². The van der Waals surface area contributed by atoms with E-state index in [1.807, 2.05) is 0 Å². The molecule has 4 heteroatoms. The first-order chi connectivity index (χ1) is 10.9. The van der Waals surface area contributed by atoms with E-state index in [4.69, 9.17) is 0 Å². The quantitative estimate of drug-likeness (QED) is 0.315. The Balaban J connectivity index is 0.000000891. The van der Waals surface area contributed by atoms with E-state index in [9.17, 15) is 0 Å². The Morgan fingerprint density at radius 3 is 0.833 bits per heavy atom. The zero-order chi connectivity index (χ0) is 19.0. The van der Waals surface area contributed by atoms with Crippen LogP contribution in [0.25, 0.3) is 0 Å². The van der Waals surface area contributed by atoms with Gasteiger partial charge < -0.3 is 0 Å². The zero-order valence-corrected chi connectivity index (χ0v) is 23.4. The number of halogens is 2. The average molecular weight is 550 g/mol. The van der Waals surface area contributed by atoms with E-state index < -0.39 is 8.07 Å². The maximum absolute atomic E-state index is 3.23. The monoisotopic (exact) mass is 546 g/mol. The van der Waals surface area contributed by atoms with E-state index in [1.54, 1.807) is 11.1 Å². The Kier molecular flexibility index (Phi) is 9.55. The molecule has 0 unspecified atom stereocenters. The standard InChI is InChI=1S/C20H30Si.2BrH.Zr/c1-11-12(2)16(6)19(15(11)5)21(9,10)20-17(7)13(3)14(4)18(20)8;;;/h1-10H3;2*1H;/q;;;+2/p-2. The van der Waals surface area contributed by atoms with Gasteiger partial charge in [-0.2, -0.15) is 0 Å². The van der Waals surface area contributed by atoms with Crippen LogP contribution < -0.4 is 0 Å². The van der Waals surface area contributed by atoms with Gasteiger partial charge in [-0.3, -0.25) is 0 Å². The third-order valence-corrected chi connectivity index (χ3v) is 10.1. The fraction of sp³-hybridized carbons (Fsp3) is 0.500. The van der Waals surface area contributed by atoms with Crippen LogP contribution in [-0.2, 0) is 18.5 Å². The molecule has 0 aromatic heterocycles. The summed E-state index contributed by atoms with van der Waals surface area (Å²) >= 11 is 6.32. The van der Waals surface area contributed by atoms with Crippen LogP contribution in [0.3, 0.4) is 0 Å². The predicted octanol–water partition coefficient (Wildman–Crippen LogP) is 7.39. The molecule has 0 aromatic carbocycles. The van der Waals surface area contributed by atoms with E-state index in [1.165, 1.54) is 47.3 Å². The second-order valence-corrected chi connectivity index (χ2v) is 23.0. The fourth-order valence-corrected chi connectivity index (χ4v) is 9.19. The van der Waals surface area contributed by atoms with Gasteiger partial charge in [0.15, 0.2) is 0 Å². The third-order valence-electron chi connectivity index (χ3n) is 6.12. The Bertz CT molecular complexity index is 341. The zero-order valence-electron chi connectivity index (χ0n) is 16.8. The molecule has 2 rings (SSSR count). The molecule has 2 aliphatic carbocycles. The molecule has 0 aliphatic heterocycles. The van der Waals surface area contributed by atoms with Crippen LogP contribution in [0.2, 0.25) is 13.1 Å². The summed E-state index contributed by atoms with van der Waals surface area (Å²) in [7, 11) is -1.65. The molecule has 2 saturated carbocycles. The molecule has 10 radical (unpaired) electrons. The van der Waals surface area contributed by atoms with Gasteiger partial charge >= 0.3 is 43.0 Å². The van der Waals surface area contributed by atoms with Gasteiger partial charge in [-0.15, -0.1) is 0 Å². The summed E-state index contributed by atoms with van der Waals surface area (Å²) in [6.45, 7) is 23.5. The van der Waals surface area contributed by atoms with Gasteiger partial charge in [0.05, 0.1) is 8.07 Å². The van der Waals surface area contributed by atoms with E-state index in [0.717, 1.165) is 0 Å². The van der Waals surface area contributed by atoms with E-state index >= 15 is 0 Å². The summed E-state index contributed by atoms with van der Waals surface area (Å²) < 4.78 is 0. The minimum absolute atomic E-state index is 0.145. The number of hydrogen-bond acceptors (Lipinski definition) is 0. The van der Waals surface area contributed by atoms with Gasteiger partial charge in [0.25, 0.3) is 0 Å². The minimum atomic E-state index is -1.65. The second kappa shape index (κ2) is 9.51. The third kappa shape index (κ3) is 4.38. The second-order valence-electron chi connectivity index (χ2n) is 7.45. The molecule has 0 saturated heterocycles. The van der Waals surface area contributed by atoms with Crippen molar-refractivity contribution in [1.29, 1.82) is 0 Å². The Morgan fingerprint density at radius 1 is 0.500 bits per heavy atom. The first-order valence-electron chi connectivity index (χ1n) is 8.38. The van der Waals surface area contributed by atoms with Crippen molar-refractivity contribution in [2.75, 3.05) is 0 Å². The molecule has 0 heterocycles. The van der Waals surface area contributed by atoms with Gasteiger partial charge in [-0.25, -0.2) is 0 Å². The van der Waals surface area contributed by atoms with Crippen LogP contribution in [0.15, 0.2) is 0 Å². The molecule has 0 spiro atoms. The first kappa shape index (κ1) is 24.1. The molecule has 0 atom stereocenters. The predicted molar refractivity (Wildman–Crippen MR) is 113 cm³/mol. The summed E-state index contributed by atoms with van der Waals surface area (Å²) in [6.07, 6.45) is 0. The van der Waals surface area contributed by atoms with Gasteiger partial charge in [-0.05, 0) is 58.4 Å². The van der Waals surface area contributed by atoms with Crippen LogP contribution in [0.5, 0.6) is 0 Å². The van der Waals surface area contributed by atoms with Crippen LogP contribution in [0, 0.1) is 58.4 Å². The summed E-state index contributed by atoms with van der Waals surface area (Å²) in [5.41, 5.74) is 3.35. The Hall–Kier alpha value is 2.06. The normalized spacial score (nSPS) is 26.3. The molecule has 0 nitrogen and oxygen atoms in total. The number of rotatable bonds is 2. The van der Waals surface area contributed by atoms with Crippen LogP contribution in [-0.4, -0.2) is 8.07 Å². The summed E-state index contributed by atoms with van der Waals surface area (Å²) in [5.74, 6) is 12.1. The van der Waals surface area contributed by atoms with Crippen molar-refractivity contribution in [3.8, 4) is 0 Å². The summed E-state index contributed by atoms with van der Waals surface area (Å²) in [4.78, 5) is 0. The van der Waals surface area contributed by atoms with Gasteiger partial charge in [0.2, 0.25) is 0 Å². The van der Waals surface area contributed by atoms with E-state index in [-0.39, 0.29) is 18.5 Å². The van der Waals surface area contributed by atoms with Crippen molar-refractivity contribution in [2.45, 2.75) is 68.5 Å². The SMILES string of the molecule is C[C]1[C](C)[C](C)[C]([Si](C)(C)[C]2[C](C)[C](C)[C](C)[C]2C)[C]1C.[Br][Zr][Br]. The average Bonchev–Trinajstić information content (AvgIpc) is 2.81. The van der Waals surface area contributed by atoms with Gasteiger partial charge in [-0.1, -0.05) is 68.5 Å².